The van der Waals surface area contributed by atoms with Crippen LogP contribution in [0.2, 0.25) is 0 Å². The van der Waals surface area contributed by atoms with Gasteiger partial charge in [0.1, 0.15) is 0 Å². The van der Waals surface area contributed by atoms with Crippen LogP contribution in [-0.2, 0) is 4.79 Å². The lowest BCUT2D eigenvalue weighted by Gasteiger charge is -2.36. The molecule has 2 amide bonds. The first-order valence-electron chi connectivity index (χ1n) is 9.39. The minimum Gasteiger partial charge on any atom is -0.369 e. The van der Waals surface area contributed by atoms with E-state index >= 15 is 0 Å². The lowest BCUT2D eigenvalue weighted by Crippen LogP contribution is -2.48. The second-order valence-corrected chi connectivity index (χ2v) is 6.72. The number of hydrazine groups is 1. The number of carbonyl (C=O) groups is 2. The van der Waals surface area contributed by atoms with Gasteiger partial charge in [-0.05, 0) is 18.2 Å². The molecule has 1 aliphatic heterocycles. The Balaban J connectivity index is 1.38. The van der Waals surface area contributed by atoms with E-state index in [0.717, 1.165) is 32.2 Å². The van der Waals surface area contributed by atoms with Gasteiger partial charge in [-0.2, -0.15) is 0 Å². The minimum absolute atomic E-state index is 0.108. The number of anilines is 1. The normalized spacial score (nSPS) is 14.3. The highest BCUT2D eigenvalue weighted by molar-refractivity contribution is 5.95. The monoisotopic (exact) mass is 397 g/mol. The van der Waals surface area contributed by atoms with Gasteiger partial charge in [0.2, 0.25) is 5.91 Å². The summed E-state index contributed by atoms with van der Waals surface area (Å²) in [5.41, 5.74) is 5.78. The number of nitrogens with zero attached hydrogens (tertiary/aromatic N) is 3. The number of non-ortho nitro benzene ring substituents is 1. The molecule has 0 spiro atoms. The van der Waals surface area contributed by atoms with Crippen molar-refractivity contribution in [3.05, 3.63) is 70.3 Å². The summed E-state index contributed by atoms with van der Waals surface area (Å²) >= 11 is 0. The Bertz CT molecular complexity index is 866. The standard InChI is InChI=1S/C20H23N5O4/c26-19(21-22-20(27)16-5-4-8-18(15-16)25(28)29)9-10-23-11-13-24(14-12-23)17-6-2-1-3-7-17/h1-8,15H,9-14H2,(H,21,26)(H,22,27). The van der Waals surface area contributed by atoms with Crippen molar-refractivity contribution in [3.8, 4) is 0 Å². The highest BCUT2D eigenvalue weighted by atomic mass is 16.6. The Labute approximate surface area is 168 Å². The maximum Gasteiger partial charge on any atom is 0.270 e. The second-order valence-electron chi connectivity index (χ2n) is 6.72. The summed E-state index contributed by atoms with van der Waals surface area (Å²) in [5.74, 6) is -0.909. The molecule has 1 fully saturated rings. The molecule has 1 aliphatic rings. The van der Waals surface area contributed by atoms with Crippen LogP contribution in [0.5, 0.6) is 0 Å². The summed E-state index contributed by atoms with van der Waals surface area (Å²) in [6, 6.07) is 15.5. The van der Waals surface area contributed by atoms with Gasteiger partial charge < -0.3 is 4.90 Å². The molecule has 0 aromatic heterocycles. The molecule has 9 nitrogen and oxygen atoms in total. The number of para-hydroxylation sites is 1. The average molecular weight is 397 g/mol. The van der Waals surface area contributed by atoms with Crippen LogP contribution >= 0.6 is 0 Å². The number of nitro benzene ring substituents is 1. The molecule has 152 valence electrons. The number of rotatable bonds is 6. The number of nitro groups is 1. The molecule has 1 saturated heterocycles. The van der Waals surface area contributed by atoms with Gasteiger partial charge in [0.05, 0.1) is 4.92 Å². The molecule has 2 N–H and O–H groups in total. The fourth-order valence-corrected chi connectivity index (χ4v) is 3.15. The van der Waals surface area contributed by atoms with Gasteiger partial charge in [0.25, 0.3) is 11.6 Å². The predicted octanol–water partition coefficient (Wildman–Crippen LogP) is 1.57. The number of benzene rings is 2. The molecule has 29 heavy (non-hydrogen) atoms. The first kappa shape index (κ1) is 20.3. The van der Waals surface area contributed by atoms with Crippen molar-refractivity contribution >= 4 is 23.2 Å². The summed E-state index contributed by atoms with van der Waals surface area (Å²) in [6.45, 7) is 4.12. The van der Waals surface area contributed by atoms with Crippen molar-refractivity contribution in [1.82, 2.24) is 15.8 Å². The molecule has 9 heteroatoms. The molecule has 3 rings (SSSR count). The van der Waals surface area contributed by atoms with Gasteiger partial charge in [-0.15, -0.1) is 0 Å². The van der Waals surface area contributed by atoms with Crippen LogP contribution in [0.1, 0.15) is 16.8 Å². The highest BCUT2D eigenvalue weighted by Crippen LogP contribution is 2.15. The highest BCUT2D eigenvalue weighted by Gasteiger charge is 2.18. The van der Waals surface area contributed by atoms with Gasteiger partial charge >= 0.3 is 0 Å². The second kappa shape index (κ2) is 9.65. The third-order valence-corrected chi connectivity index (χ3v) is 4.78. The Morgan fingerprint density at radius 3 is 2.38 bits per heavy atom. The molecule has 0 atom stereocenters. The van der Waals surface area contributed by atoms with Gasteiger partial charge in [0.15, 0.2) is 0 Å². The number of piperazine rings is 1. The lowest BCUT2D eigenvalue weighted by molar-refractivity contribution is -0.384. The molecule has 1 heterocycles. The summed E-state index contributed by atoms with van der Waals surface area (Å²) in [4.78, 5) is 38.8. The van der Waals surface area contributed by atoms with E-state index in [9.17, 15) is 19.7 Å². The zero-order chi connectivity index (χ0) is 20.6. The third kappa shape index (κ3) is 5.76. The van der Waals surface area contributed by atoms with E-state index in [0.29, 0.717) is 6.54 Å². The smallest absolute Gasteiger partial charge is 0.270 e. The molecular formula is C20H23N5O4. The van der Waals surface area contributed by atoms with Crippen molar-refractivity contribution in [1.29, 1.82) is 0 Å². The first-order chi connectivity index (χ1) is 14.0. The number of hydrogen-bond acceptors (Lipinski definition) is 6. The van der Waals surface area contributed by atoms with Crippen LogP contribution in [0, 0.1) is 10.1 Å². The van der Waals surface area contributed by atoms with E-state index in [1.54, 1.807) is 0 Å². The summed E-state index contributed by atoms with van der Waals surface area (Å²) in [6.07, 6.45) is 0.251. The van der Waals surface area contributed by atoms with E-state index in [1.807, 2.05) is 18.2 Å². The van der Waals surface area contributed by atoms with Crippen molar-refractivity contribution in [2.45, 2.75) is 6.42 Å². The molecule has 0 aliphatic carbocycles. The average Bonchev–Trinajstić information content (AvgIpc) is 2.77. The molecule has 0 bridgehead atoms. The van der Waals surface area contributed by atoms with Gasteiger partial charge in [0, 0.05) is 62.5 Å². The van der Waals surface area contributed by atoms with Crippen LogP contribution < -0.4 is 15.8 Å². The summed E-state index contributed by atoms with van der Waals surface area (Å²) < 4.78 is 0. The molecule has 0 radical (unpaired) electrons. The fourth-order valence-electron chi connectivity index (χ4n) is 3.15. The molecule has 2 aromatic carbocycles. The largest absolute Gasteiger partial charge is 0.369 e. The molecule has 0 saturated carbocycles. The van der Waals surface area contributed by atoms with E-state index in [2.05, 4.69) is 32.8 Å². The van der Waals surface area contributed by atoms with Gasteiger partial charge in [-0.3, -0.25) is 35.5 Å². The predicted molar refractivity (Wildman–Crippen MR) is 108 cm³/mol. The lowest BCUT2D eigenvalue weighted by atomic mass is 10.2. The zero-order valence-corrected chi connectivity index (χ0v) is 15.9. The van der Waals surface area contributed by atoms with Crippen molar-refractivity contribution < 1.29 is 14.5 Å². The maximum atomic E-state index is 12.0. The summed E-state index contributed by atoms with van der Waals surface area (Å²) in [7, 11) is 0. The van der Waals surface area contributed by atoms with Crippen LogP contribution in [0.15, 0.2) is 54.6 Å². The number of amides is 2. The third-order valence-electron chi connectivity index (χ3n) is 4.78. The Kier molecular flexibility index (Phi) is 6.75. The first-order valence-corrected chi connectivity index (χ1v) is 9.39. The van der Waals surface area contributed by atoms with Crippen LogP contribution in [-0.4, -0.2) is 54.4 Å². The quantitative estimate of drug-likeness (QED) is 0.566. The summed E-state index contributed by atoms with van der Waals surface area (Å²) in [5, 5.41) is 10.8. The van der Waals surface area contributed by atoms with Crippen molar-refractivity contribution in [2.24, 2.45) is 0 Å². The van der Waals surface area contributed by atoms with E-state index in [1.165, 1.54) is 23.9 Å². The Morgan fingerprint density at radius 2 is 1.69 bits per heavy atom. The Hall–Kier alpha value is -3.46. The fraction of sp³-hybridized carbons (Fsp3) is 0.300. The van der Waals surface area contributed by atoms with Crippen molar-refractivity contribution in [2.75, 3.05) is 37.6 Å². The van der Waals surface area contributed by atoms with Crippen LogP contribution in [0.3, 0.4) is 0 Å². The van der Waals surface area contributed by atoms with Crippen LogP contribution in [0.4, 0.5) is 11.4 Å². The van der Waals surface area contributed by atoms with E-state index in [-0.39, 0.29) is 23.6 Å². The number of nitrogens with one attached hydrogen (secondary N) is 2. The number of hydrogen-bond donors (Lipinski definition) is 2. The van der Waals surface area contributed by atoms with Crippen molar-refractivity contribution in [3.63, 3.8) is 0 Å². The van der Waals surface area contributed by atoms with Crippen LogP contribution in [0.25, 0.3) is 0 Å². The molecule has 2 aromatic rings. The maximum absolute atomic E-state index is 12.0. The topological polar surface area (TPSA) is 108 Å². The van der Waals surface area contributed by atoms with E-state index in [4.69, 9.17) is 0 Å². The number of carbonyl (C=O) groups excluding carboxylic acids is 2. The van der Waals surface area contributed by atoms with Gasteiger partial charge in [-0.25, -0.2) is 0 Å². The molecule has 0 unspecified atom stereocenters. The Morgan fingerprint density at radius 1 is 0.966 bits per heavy atom. The van der Waals surface area contributed by atoms with Gasteiger partial charge in [-0.1, -0.05) is 24.3 Å². The molecular weight excluding hydrogens is 374 g/mol. The van der Waals surface area contributed by atoms with E-state index < -0.39 is 10.8 Å². The SMILES string of the molecule is O=C(CCN1CCN(c2ccccc2)CC1)NNC(=O)c1cccc([N+](=O)[O-])c1. The zero-order valence-electron chi connectivity index (χ0n) is 15.9. The minimum atomic E-state index is -0.599.